The first-order valence-corrected chi connectivity index (χ1v) is 12.3. The van der Waals surface area contributed by atoms with Gasteiger partial charge < -0.3 is 14.5 Å². The Labute approximate surface area is 201 Å². The van der Waals surface area contributed by atoms with Crippen LogP contribution in [0.2, 0.25) is 0 Å². The number of rotatable bonds is 7. The Morgan fingerprint density at radius 1 is 1.26 bits per heavy atom. The molecule has 1 N–H and O–H groups in total. The quantitative estimate of drug-likeness (QED) is 0.251. The molecule has 34 heavy (non-hydrogen) atoms. The first-order valence-electron chi connectivity index (χ1n) is 10.5. The van der Waals surface area contributed by atoms with Crippen LogP contribution in [0.15, 0.2) is 34.0 Å². The van der Waals surface area contributed by atoms with E-state index in [0.29, 0.717) is 10.6 Å². The summed E-state index contributed by atoms with van der Waals surface area (Å²) in [5.41, 5.74) is 0.107. The number of furan rings is 1. The molecule has 180 valence electrons. The van der Waals surface area contributed by atoms with Crippen molar-refractivity contribution in [3.8, 4) is 11.5 Å². The Balaban J connectivity index is 1.52. The van der Waals surface area contributed by atoms with Crippen LogP contribution < -0.4 is 5.32 Å². The molecule has 3 aromatic heterocycles. The summed E-state index contributed by atoms with van der Waals surface area (Å²) in [5, 5.41) is 2.91. The number of alkyl halides is 3. The second-order valence-corrected chi connectivity index (χ2v) is 9.42. The minimum absolute atomic E-state index is 0.0363. The van der Waals surface area contributed by atoms with Crippen molar-refractivity contribution in [1.82, 2.24) is 9.97 Å². The molecule has 0 saturated carbocycles. The summed E-state index contributed by atoms with van der Waals surface area (Å²) in [6, 6.07) is 3.82. The number of thioether (sulfide) groups is 1. The molecule has 3 heterocycles. The molecule has 0 radical (unpaired) electrons. The number of ether oxygens (including phenoxy) is 1. The Kier molecular flexibility index (Phi) is 7.27. The molecule has 1 aliphatic rings. The lowest BCUT2D eigenvalue weighted by Gasteiger charge is -2.12. The molecule has 0 spiro atoms. The maximum absolute atomic E-state index is 13.3. The number of hydrogen-bond donors (Lipinski definition) is 1. The number of aromatic nitrogens is 2. The fourth-order valence-corrected chi connectivity index (χ4v) is 5.50. The highest BCUT2D eigenvalue weighted by molar-refractivity contribution is 7.99. The normalized spacial score (nSPS) is 13.4. The van der Waals surface area contributed by atoms with E-state index in [4.69, 9.17) is 9.15 Å². The van der Waals surface area contributed by atoms with E-state index in [1.165, 1.54) is 29.7 Å². The van der Waals surface area contributed by atoms with Gasteiger partial charge in [-0.05, 0) is 56.4 Å². The topological polar surface area (TPSA) is 94.3 Å². The number of thiophene rings is 1. The van der Waals surface area contributed by atoms with Crippen LogP contribution in [0.5, 0.6) is 0 Å². The lowest BCUT2D eigenvalue weighted by molar-refractivity contribution is -0.141. The van der Waals surface area contributed by atoms with Gasteiger partial charge >= 0.3 is 12.1 Å². The van der Waals surface area contributed by atoms with Gasteiger partial charge in [0.05, 0.1) is 24.2 Å². The van der Waals surface area contributed by atoms with Crippen molar-refractivity contribution < 1.29 is 31.9 Å². The monoisotopic (exact) mass is 511 g/mol. The van der Waals surface area contributed by atoms with Gasteiger partial charge in [0.15, 0.2) is 10.9 Å². The van der Waals surface area contributed by atoms with Crippen LogP contribution in [0.3, 0.4) is 0 Å². The van der Waals surface area contributed by atoms with Crippen LogP contribution in [-0.2, 0) is 28.5 Å². The van der Waals surface area contributed by atoms with Crippen molar-refractivity contribution in [2.75, 3.05) is 17.7 Å². The van der Waals surface area contributed by atoms with E-state index in [-0.39, 0.29) is 29.0 Å². The summed E-state index contributed by atoms with van der Waals surface area (Å²) in [7, 11) is 0. The molecule has 0 saturated heterocycles. The van der Waals surface area contributed by atoms with Gasteiger partial charge in [-0.25, -0.2) is 14.8 Å². The molecular weight excluding hydrogens is 491 g/mol. The van der Waals surface area contributed by atoms with Crippen LogP contribution in [0.1, 0.15) is 46.3 Å². The molecule has 1 aliphatic carbocycles. The summed E-state index contributed by atoms with van der Waals surface area (Å²) in [5.74, 6) is -1.07. The third-order valence-corrected chi connectivity index (χ3v) is 7.06. The van der Waals surface area contributed by atoms with Gasteiger partial charge in [-0.3, -0.25) is 4.79 Å². The van der Waals surface area contributed by atoms with Gasteiger partial charge in [0.2, 0.25) is 5.91 Å². The van der Waals surface area contributed by atoms with E-state index in [2.05, 4.69) is 15.3 Å². The van der Waals surface area contributed by atoms with Crippen LogP contribution in [0, 0.1) is 0 Å². The summed E-state index contributed by atoms with van der Waals surface area (Å²) >= 11 is 2.10. The molecule has 4 rings (SSSR count). The Hall–Kier alpha value is -2.86. The van der Waals surface area contributed by atoms with Crippen LogP contribution >= 0.6 is 23.1 Å². The smallest absolute Gasteiger partial charge is 0.433 e. The zero-order valence-electron chi connectivity index (χ0n) is 18.0. The predicted octanol–water partition coefficient (Wildman–Crippen LogP) is 5.60. The van der Waals surface area contributed by atoms with E-state index in [1.807, 2.05) is 0 Å². The van der Waals surface area contributed by atoms with Gasteiger partial charge in [0, 0.05) is 4.88 Å². The molecule has 0 fully saturated rings. The Bertz CT molecular complexity index is 1190. The van der Waals surface area contributed by atoms with Crippen molar-refractivity contribution in [1.29, 1.82) is 0 Å². The average molecular weight is 512 g/mol. The third kappa shape index (κ3) is 5.44. The lowest BCUT2D eigenvalue weighted by atomic mass is 9.95. The summed E-state index contributed by atoms with van der Waals surface area (Å²) in [4.78, 5) is 33.9. The number of anilines is 1. The summed E-state index contributed by atoms with van der Waals surface area (Å²) < 4.78 is 50.3. The molecule has 0 bridgehead atoms. The number of fused-ring (bicyclic) bond motifs is 1. The van der Waals surface area contributed by atoms with E-state index in [0.717, 1.165) is 54.0 Å². The lowest BCUT2D eigenvalue weighted by Crippen LogP contribution is -2.17. The Morgan fingerprint density at radius 3 is 2.76 bits per heavy atom. The molecule has 0 aliphatic heterocycles. The highest BCUT2D eigenvalue weighted by Crippen LogP contribution is 2.39. The van der Waals surface area contributed by atoms with E-state index in [1.54, 1.807) is 6.92 Å². The van der Waals surface area contributed by atoms with Gasteiger partial charge in [-0.15, -0.1) is 11.3 Å². The SMILES string of the molecule is CCOC(=O)c1c(NC(=O)CSc2nc(-c3ccco3)cc(C(F)(F)F)n2)sc2c1CCCC2. The van der Waals surface area contributed by atoms with Gasteiger partial charge in [0.1, 0.15) is 16.4 Å². The highest BCUT2D eigenvalue weighted by atomic mass is 32.2. The van der Waals surface area contributed by atoms with Crippen molar-refractivity contribution in [2.45, 2.75) is 43.9 Å². The maximum atomic E-state index is 13.3. The highest BCUT2D eigenvalue weighted by Gasteiger charge is 2.34. The van der Waals surface area contributed by atoms with Crippen molar-refractivity contribution >= 4 is 40.0 Å². The van der Waals surface area contributed by atoms with E-state index in [9.17, 15) is 22.8 Å². The predicted molar refractivity (Wildman–Crippen MR) is 121 cm³/mol. The number of nitrogens with one attached hydrogen (secondary N) is 1. The number of esters is 1. The number of carbonyl (C=O) groups excluding carboxylic acids is 2. The third-order valence-electron chi connectivity index (χ3n) is 5.01. The molecule has 12 heteroatoms. The van der Waals surface area contributed by atoms with Crippen LogP contribution in [0.4, 0.5) is 18.2 Å². The Morgan fingerprint density at radius 2 is 2.06 bits per heavy atom. The molecule has 1 amide bonds. The number of aryl methyl sites for hydroxylation is 1. The summed E-state index contributed by atoms with van der Waals surface area (Å²) in [6.07, 6.45) is 0.149. The second kappa shape index (κ2) is 10.2. The average Bonchev–Trinajstić information content (AvgIpc) is 3.45. The largest absolute Gasteiger partial charge is 0.463 e. The summed E-state index contributed by atoms with van der Waals surface area (Å²) in [6.45, 7) is 1.91. The van der Waals surface area contributed by atoms with Crippen LogP contribution in [0.25, 0.3) is 11.5 Å². The van der Waals surface area contributed by atoms with E-state index >= 15 is 0 Å². The number of halogens is 3. The van der Waals surface area contributed by atoms with E-state index < -0.39 is 23.7 Å². The number of amides is 1. The second-order valence-electron chi connectivity index (χ2n) is 7.37. The molecule has 7 nitrogen and oxygen atoms in total. The van der Waals surface area contributed by atoms with Gasteiger partial charge in [-0.1, -0.05) is 11.8 Å². The molecule has 0 aromatic carbocycles. The van der Waals surface area contributed by atoms with Crippen molar-refractivity contribution in [3.63, 3.8) is 0 Å². The standard InChI is InChI=1S/C22H20F3N3O4S2/c1-2-31-20(30)18-12-6-3-4-8-15(12)34-19(18)28-17(29)11-33-21-26-13(14-7-5-9-32-14)10-16(27-21)22(23,24)25/h5,7,9-10H,2-4,6,8,11H2,1H3,(H,28,29). The minimum atomic E-state index is -4.69. The van der Waals surface area contributed by atoms with Crippen LogP contribution in [-0.4, -0.2) is 34.2 Å². The van der Waals surface area contributed by atoms with Gasteiger partial charge in [-0.2, -0.15) is 13.2 Å². The first-order chi connectivity index (χ1) is 16.3. The number of nitrogens with zero attached hydrogens (tertiary/aromatic N) is 2. The molecule has 0 atom stereocenters. The molecular formula is C22H20F3N3O4S2. The number of hydrogen-bond acceptors (Lipinski definition) is 8. The molecule has 0 unspecified atom stereocenters. The fourth-order valence-electron chi connectivity index (χ4n) is 3.55. The van der Waals surface area contributed by atoms with Crippen molar-refractivity contribution in [3.05, 3.63) is 46.2 Å². The van der Waals surface area contributed by atoms with Gasteiger partial charge in [0.25, 0.3) is 0 Å². The fraction of sp³-hybridized carbons (Fsp3) is 0.364. The molecule has 3 aromatic rings. The van der Waals surface area contributed by atoms with Crippen molar-refractivity contribution in [2.24, 2.45) is 0 Å². The minimum Gasteiger partial charge on any atom is -0.463 e. The zero-order chi connectivity index (χ0) is 24.3. The maximum Gasteiger partial charge on any atom is 0.433 e. The first kappa shape index (κ1) is 24.3. The zero-order valence-corrected chi connectivity index (χ0v) is 19.7. The number of carbonyl (C=O) groups is 2.